The van der Waals surface area contributed by atoms with Gasteiger partial charge in [-0.1, -0.05) is 504 Å². The fourth-order valence-electron chi connectivity index (χ4n) is 22.7. The fourth-order valence-corrected chi connectivity index (χ4v) is 22.7. The Morgan fingerprint density at radius 1 is 0.158 bits per heavy atom. The molecule has 0 radical (unpaired) electrons. The lowest BCUT2D eigenvalue weighted by atomic mass is 9.70. The van der Waals surface area contributed by atoms with Gasteiger partial charge in [-0.3, -0.25) is 0 Å². The minimum atomic E-state index is 0.00313. The molecular weight excluding hydrogens is 1440 g/mol. The maximum Gasteiger partial charge on any atom is 0.0215 e. The van der Waals surface area contributed by atoms with E-state index in [1.807, 2.05) is 0 Å². The third kappa shape index (κ3) is 19.3. The molecule has 0 spiro atoms. The summed E-state index contributed by atoms with van der Waals surface area (Å²) in [5.41, 5.74) is 36.5. The second-order valence-corrected chi connectivity index (χ2v) is 37.2. The number of rotatable bonds is 49. The number of benzene rings is 10. The highest BCUT2D eigenvalue weighted by Crippen LogP contribution is 2.59. The van der Waals surface area contributed by atoms with Gasteiger partial charge in [0.15, 0.2) is 0 Å². The first-order chi connectivity index (χ1) is 59.1. The van der Waals surface area contributed by atoms with Gasteiger partial charge in [-0.25, -0.2) is 0 Å². The van der Waals surface area contributed by atoms with E-state index < -0.39 is 0 Å². The molecule has 120 heavy (non-hydrogen) atoms. The highest BCUT2D eigenvalue weighted by atomic mass is 14.5. The Morgan fingerprint density at radius 2 is 0.342 bits per heavy atom. The molecule has 0 unspecified atom stereocenters. The van der Waals surface area contributed by atoms with Gasteiger partial charge < -0.3 is 0 Å². The molecule has 14 rings (SSSR count). The van der Waals surface area contributed by atoms with Crippen molar-refractivity contribution >= 4 is 48.6 Å². The Hall–Kier alpha value is -8.84. The van der Waals surface area contributed by atoms with Crippen LogP contribution in [0.1, 0.15) is 401 Å². The zero-order valence-corrected chi connectivity index (χ0v) is 75.5. The van der Waals surface area contributed by atoms with Crippen molar-refractivity contribution < 1.29 is 0 Å². The highest BCUT2D eigenvalue weighted by molar-refractivity contribution is 5.93. The van der Waals surface area contributed by atoms with E-state index in [4.69, 9.17) is 0 Å². The average Bonchev–Trinajstić information content (AvgIpc) is 1.59. The van der Waals surface area contributed by atoms with Crippen LogP contribution in [0.15, 0.2) is 206 Å². The van der Waals surface area contributed by atoms with Gasteiger partial charge >= 0.3 is 0 Å². The van der Waals surface area contributed by atoms with Crippen LogP contribution in [0.3, 0.4) is 0 Å². The Bertz CT molecular complexity index is 4750. The van der Waals surface area contributed by atoms with Crippen LogP contribution in [0, 0.1) is 0 Å². The quantitative estimate of drug-likeness (QED) is 0.0263. The predicted octanol–water partition coefficient (Wildman–Crippen LogP) is 36.9. The zero-order chi connectivity index (χ0) is 83.0. The van der Waals surface area contributed by atoms with Crippen molar-refractivity contribution in [2.75, 3.05) is 0 Å². The van der Waals surface area contributed by atoms with Crippen molar-refractivity contribution in [2.45, 2.75) is 334 Å². The smallest absolute Gasteiger partial charge is 0.0215 e. The molecule has 0 aromatic heterocycles. The van der Waals surface area contributed by atoms with Crippen LogP contribution in [0.25, 0.3) is 104 Å². The molecule has 0 amide bonds. The zero-order valence-electron chi connectivity index (χ0n) is 75.5. The van der Waals surface area contributed by atoms with Crippen molar-refractivity contribution in [1.82, 2.24) is 0 Å². The van der Waals surface area contributed by atoms with Crippen molar-refractivity contribution in [1.29, 1.82) is 0 Å². The van der Waals surface area contributed by atoms with E-state index in [-0.39, 0.29) is 21.7 Å². The monoisotopic (exact) mass is 1590 g/mol. The molecule has 0 saturated carbocycles. The van der Waals surface area contributed by atoms with Crippen LogP contribution in [-0.2, 0) is 21.7 Å². The summed E-state index contributed by atoms with van der Waals surface area (Å²) in [6.07, 6.45) is 70.1. The Labute approximate surface area is 728 Å². The van der Waals surface area contributed by atoms with E-state index in [2.05, 4.69) is 310 Å². The second kappa shape index (κ2) is 42.8. The molecule has 4 aliphatic rings. The van der Waals surface area contributed by atoms with E-state index in [0.717, 1.165) is 0 Å². The Balaban J connectivity index is 0.924. The molecule has 0 heterocycles. The molecule has 0 aliphatic heterocycles. The lowest BCUT2D eigenvalue weighted by Crippen LogP contribution is -2.25. The summed E-state index contributed by atoms with van der Waals surface area (Å²) in [7, 11) is 0. The third-order valence-corrected chi connectivity index (χ3v) is 29.1. The molecule has 0 saturated heterocycles. The lowest BCUT2D eigenvalue weighted by molar-refractivity contribution is 0.401. The summed E-state index contributed by atoms with van der Waals surface area (Å²) in [6.45, 7) is 18.8. The summed E-state index contributed by atoms with van der Waals surface area (Å²) >= 11 is 0. The van der Waals surface area contributed by atoms with Crippen LogP contribution in [0.5, 0.6) is 0 Å². The first kappa shape index (κ1) is 87.5. The topological polar surface area (TPSA) is 0 Å². The molecule has 0 fully saturated rings. The Kier molecular flexibility index (Phi) is 31.2. The van der Waals surface area contributed by atoms with Crippen molar-refractivity contribution in [3.05, 3.63) is 295 Å². The highest BCUT2D eigenvalue weighted by Gasteiger charge is 2.46. The van der Waals surface area contributed by atoms with E-state index >= 15 is 0 Å². The van der Waals surface area contributed by atoms with Gasteiger partial charge in [-0.15, -0.1) is 0 Å². The molecule has 10 aromatic carbocycles. The second-order valence-electron chi connectivity index (χ2n) is 37.2. The number of unbranched alkanes of at least 4 members (excludes halogenated alkanes) is 24. The van der Waals surface area contributed by atoms with E-state index in [1.165, 1.54) is 357 Å². The van der Waals surface area contributed by atoms with E-state index in [1.54, 1.807) is 44.5 Å². The first-order valence-electron chi connectivity index (χ1n) is 49.1. The van der Waals surface area contributed by atoms with Crippen LogP contribution in [0.4, 0.5) is 0 Å². The van der Waals surface area contributed by atoms with Crippen molar-refractivity contribution in [2.24, 2.45) is 0 Å². The lowest BCUT2D eigenvalue weighted by Gasteiger charge is -2.33. The minimum Gasteiger partial charge on any atom is -0.0654 e. The molecule has 0 atom stereocenters. The summed E-state index contributed by atoms with van der Waals surface area (Å²) in [6, 6.07) is 82.9. The van der Waals surface area contributed by atoms with Crippen LogP contribution < -0.4 is 0 Å². The van der Waals surface area contributed by atoms with E-state index in [0.29, 0.717) is 0 Å². The number of fused-ring (bicyclic) bond motifs is 12. The van der Waals surface area contributed by atoms with Crippen LogP contribution in [0.2, 0.25) is 0 Å². The van der Waals surface area contributed by atoms with Gasteiger partial charge in [0.2, 0.25) is 0 Å². The maximum atomic E-state index is 2.63. The predicted molar refractivity (Wildman–Crippen MR) is 528 cm³/mol. The van der Waals surface area contributed by atoms with Gasteiger partial charge in [-0.05, 0) is 208 Å². The molecular formula is C120H146. The summed E-state index contributed by atoms with van der Waals surface area (Å²) < 4.78 is 0. The number of hydrogen-bond donors (Lipinski definition) is 0. The Morgan fingerprint density at radius 3 is 0.558 bits per heavy atom. The molecule has 0 heteroatoms. The van der Waals surface area contributed by atoms with Crippen LogP contribution >= 0.6 is 0 Å². The average molecular weight is 1590 g/mol. The standard InChI is InChI=1S/C120H146/c1-9-17-25-41-77-117(78-42-26-18-10-2)109-53-37-33-49-99(109)103-73-65-93(87-113(103)117)59-57-91-61-69-97(71-63-95-67-75-105-101-51-35-39-55-111(101)119(115(105)89-95,81-45-29-21-13-5)82-46-30-22-14-6)107(85-91)108-86-92(58-60-94-66-74-104-100-50-34-38-54-110(100)118(114(104)88-94,79-43-27-19-11-3)80-44-28-20-12-4)62-70-98(108)72-64-96-68-76-106-102-52-36-40-56-112(102)120(116(106)90-96,83-47-31-23-15-7)84-48-32-24-16-8/h33-40,49-76,85-90H,9-32,41-48,77-84H2,1-8H3/b59-57+,60-58+,71-63+,72-64+. The fraction of sp³-hybridized carbons (Fsp3) is 0.433. The largest absolute Gasteiger partial charge is 0.0654 e. The molecule has 10 aromatic rings. The minimum absolute atomic E-state index is 0.00313. The van der Waals surface area contributed by atoms with Crippen LogP contribution in [-0.4, -0.2) is 0 Å². The van der Waals surface area contributed by atoms with Crippen molar-refractivity contribution in [3.8, 4) is 55.6 Å². The summed E-state index contributed by atoms with van der Waals surface area (Å²) in [5.74, 6) is 0. The van der Waals surface area contributed by atoms with Crippen molar-refractivity contribution in [3.63, 3.8) is 0 Å². The first-order valence-corrected chi connectivity index (χ1v) is 49.1. The van der Waals surface area contributed by atoms with Gasteiger partial charge in [0, 0.05) is 21.7 Å². The molecule has 0 bridgehead atoms. The number of hydrogen-bond acceptors (Lipinski definition) is 0. The SMILES string of the molecule is CCCCCCC1(CCCCCC)c2ccccc2-c2ccc(/C=C/c3ccc(/C=C/c4ccc5c(c4)C(CCCCCC)(CCCCCC)c4ccccc4-5)c(-c4cc(/C=C/c5ccc6c(c5)C(CCCCCC)(CCCCCC)c5ccccc5-6)ccc4/C=C/c4ccc5c(c4)C(CCCCCC)(CCCCCC)c4ccccc4-5)c3)cc21. The van der Waals surface area contributed by atoms with Gasteiger partial charge in [-0.2, -0.15) is 0 Å². The molecule has 0 N–H and O–H groups in total. The molecule has 4 aliphatic carbocycles. The van der Waals surface area contributed by atoms with Gasteiger partial charge in [0.25, 0.3) is 0 Å². The summed E-state index contributed by atoms with van der Waals surface area (Å²) in [4.78, 5) is 0. The van der Waals surface area contributed by atoms with Gasteiger partial charge in [0.05, 0.1) is 0 Å². The third-order valence-electron chi connectivity index (χ3n) is 29.1. The molecule has 626 valence electrons. The molecule has 0 nitrogen and oxygen atoms in total. The van der Waals surface area contributed by atoms with E-state index in [9.17, 15) is 0 Å². The normalized spacial score (nSPS) is 14.6. The van der Waals surface area contributed by atoms with Gasteiger partial charge in [0.1, 0.15) is 0 Å². The maximum absolute atomic E-state index is 2.63. The summed E-state index contributed by atoms with van der Waals surface area (Å²) in [5, 5.41) is 0.